The second-order valence-electron chi connectivity index (χ2n) is 8.38. The van der Waals surface area contributed by atoms with Crippen molar-refractivity contribution in [2.45, 2.75) is 47.1 Å². The molecule has 0 saturated carbocycles. The molecule has 1 aliphatic rings. The molecule has 3 aromatic rings. The Kier molecular flexibility index (Phi) is 4.58. The van der Waals surface area contributed by atoms with Gasteiger partial charge < -0.3 is 5.32 Å². The molecule has 144 valence electrons. The molecule has 28 heavy (non-hydrogen) atoms. The number of carbonyl (C=O) groups excluding carboxylic acids is 1. The number of nitrogens with zero attached hydrogens (tertiary/aromatic N) is 2. The van der Waals surface area contributed by atoms with Gasteiger partial charge in [-0.15, -0.1) is 0 Å². The van der Waals surface area contributed by atoms with Crippen molar-refractivity contribution in [1.29, 1.82) is 0 Å². The largest absolute Gasteiger partial charge is 0.340 e. The van der Waals surface area contributed by atoms with E-state index in [9.17, 15) is 4.79 Å². The molecule has 4 rings (SSSR count). The lowest BCUT2D eigenvalue weighted by atomic mass is 9.95. The number of nitrogens with one attached hydrogen (secondary N) is 1. The van der Waals surface area contributed by atoms with E-state index in [0.717, 1.165) is 28.9 Å². The van der Waals surface area contributed by atoms with Crippen molar-refractivity contribution >= 4 is 5.91 Å². The number of rotatable bonds is 4. The first-order chi connectivity index (χ1) is 13.3. The minimum Gasteiger partial charge on any atom is -0.340 e. The van der Waals surface area contributed by atoms with Gasteiger partial charge in [-0.05, 0) is 61.9 Å². The highest BCUT2D eigenvalue weighted by Crippen LogP contribution is 2.36. The zero-order valence-electron chi connectivity index (χ0n) is 17.2. The molecule has 4 nitrogen and oxygen atoms in total. The van der Waals surface area contributed by atoms with Crippen LogP contribution in [0.3, 0.4) is 0 Å². The fourth-order valence-corrected chi connectivity index (χ4v) is 4.09. The van der Waals surface area contributed by atoms with Crippen molar-refractivity contribution < 1.29 is 4.79 Å². The van der Waals surface area contributed by atoms with Gasteiger partial charge in [0.2, 0.25) is 0 Å². The highest BCUT2D eigenvalue weighted by molar-refractivity contribution is 5.98. The summed E-state index contributed by atoms with van der Waals surface area (Å²) in [5.74, 6) is 0.369. The van der Waals surface area contributed by atoms with E-state index in [-0.39, 0.29) is 11.9 Å². The molecule has 0 radical (unpaired) electrons. The van der Waals surface area contributed by atoms with Gasteiger partial charge in [0.15, 0.2) is 5.69 Å². The summed E-state index contributed by atoms with van der Waals surface area (Å²) in [4.78, 5) is 12.7. The first-order valence-electron chi connectivity index (χ1n) is 9.91. The monoisotopic (exact) mass is 373 g/mol. The van der Waals surface area contributed by atoms with Gasteiger partial charge in [-0.25, -0.2) is 4.68 Å². The lowest BCUT2D eigenvalue weighted by Gasteiger charge is -2.18. The molecule has 0 saturated heterocycles. The molecule has 1 atom stereocenters. The fourth-order valence-electron chi connectivity index (χ4n) is 4.09. The van der Waals surface area contributed by atoms with Gasteiger partial charge >= 0.3 is 0 Å². The maximum atomic E-state index is 12.7. The van der Waals surface area contributed by atoms with E-state index in [1.807, 2.05) is 4.68 Å². The number of carbonyl (C=O) groups is 1. The van der Waals surface area contributed by atoms with E-state index in [2.05, 4.69) is 82.4 Å². The van der Waals surface area contributed by atoms with Crippen LogP contribution in [0.4, 0.5) is 0 Å². The van der Waals surface area contributed by atoms with Crippen LogP contribution in [0.2, 0.25) is 0 Å². The van der Waals surface area contributed by atoms with Crippen molar-refractivity contribution in [2.75, 3.05) is 0 Å². The minimum absolute atomic E-state index is 0.0892. The summed E-state index contributed by atoms with van der Waals surface area (Å²) in [6, 6.07) is 14.7. The Morgan fingerprint density at radius 2 is 1.64 bits per heavy atom. The number of aromatic nitrogens is 2. The first-order valence-corrected chi connectivity index (χ1v) is 9.91. The zero-order valence-corrected chi connectivity index (χ0v) is 17.2. The molecule has 0 bridgehead atoms. The molecule has 1 aliphatic heterocycles. The van der Waals surface area contributed by atoms with Gasteiger partial charge in [0, 0.05) is 5.56 Å². The third-order valence-corrected chi connectivity index (χ3v) is 5.26. The molecule has 1 aromatic heterocycles. The van der Waals surface area contributed by atoms with E-state index in [1.54, 1.807) is 0 Å². The third kappa shape index (κ3) is 3.24. The Hall–Kier alpha value is -2.88. The number of amides is 1. The predicted molar refractivity (Wildman–Crippen MR) is 112 cm³/mol. The lowest BCUT2D eigenvalue weighted by molar-refractivity contribution is 0.0955. The molecule has 2 aromatic carbocycles. The van der Waals surface area contributed by atoms with Crippen LogP contribution in [-0.2, 0) is 6.42 Å². The number of fused-ring (bicyclic) bond motifs is 1. The SMILES string of the molecule is Cc1ccc(C2NC(=O)c3nn(-c4cc(C)cc(C)c4)c(CC(C)C)c32)cc1. The van der Waals surface area contributed by atoms with Crippen molar-refractivity contribution in [3.05, 3.63) is 81.7 Å². The molecule has 1 amide bonds. The molecule has 1 unspecified atom stereocenters. The zero-order chi connectivity index (χ0) is 20.0. The van der Waals surface area contributed by atoms with E-state index in [1.165, 1.54) is 16.7 Å². The Balaban J connectivity index is 1.91. The van der Waals surface area contributed by atoms with E-state index >= 15 is 0 Å². The second-order valence-corrected chi connectivity index (χ2v) is 8.38. The molecule has 2 heterocycles. The van der Waals surface area contributed by atoms with Crippen LogP contribution in [0, 0.1) is 26.7 Å². The normalized spacial score (nSPS) is 15.8. The Morgan fingerprint density at radius 3 is 2.25 bits per heavy atom. The minimum atomic E-state index is -0.142. The van der Waals surface area contributed by atoms with Gasteiger partial charge in [0.1, 0.15) is 0 Å². The summed E-state index contributed by atoms with van der Waals surface area (Å²) in [6.45, 7) is 10.7. The lowest BCUT2D eigenvalue weighted by Crippen LogP contribution is -2.23. The maximum Gasteiger partial charge on any atom is 0.272 e. The van der Waals surface area contributed by atoms with E-state index in [4.69, 9.17) is 5.10 Å². The van der Waals surface area contributed by atoms with Gasteiger partial charge in [-0.2, -0.15) is 5.10 Å². The average Bonchev–Trinajstić information content (AvgIpc) is 3.13. The molecule has 0 spiro atoms. The van der Waals surface area contributed by atoms with E-state index in [0.29, 0.717) is 11.6 Å². The van der Waals surface area contributed by atoms with Crippen LogP contribution in [0.5, 0.6) is 0 Å². The molecule has 0 aliphatic carbocycles. The molecule has 1 N–H and O–H groups in total. The van der Waals surface area contributed by atoms with Crippen molar-refractivity contribution in [3.63, 3.8) is 0 Å². The van der Waals surface area contributed by atoms with Crippen LogP contribution in [0.25, 0.3) is 5.69 Å². The summed E-state index contributed by atoms with van der Waals surface area (Å²) in [6.07, 6.45) is 0.868. The Bertz CT molecular complexity index is 1020. The van der Waals surface area contributed by atoms with Crippen LogP contribution in [0.1, 0.15) is 63.9 Å². The van der Waals surface area contributed by atoms with Crippen LogP contribution >= 0.6 is 0 Å². The van der Waals surface area contributed by atoms with Gasteiger partial charge in [0.05, 0.1) is 17.4 Å². The summed E-state index contributed by atoms with van der Waals surface area (Å²) < 4.78 is 1.99. The summed E-state index contributed by atoms with van der Waals surface area (Å²) in [7, 11) is 0. The first kappa shape index (κ1) is 18.5. The number of hydrogen-bond acceptors (Lipinski definition) is 2. The van der Waals surface area contributed by atoms with Crippen molar-refractivity contribution in [1.82, 2.24) is 15.1 Å². The standard InChI is InChI=1S/C24H27N3O/c1-14(2)10-20-21-22(18-8-6-15(3)7-9-18)25-24(28)23(21)26-27(20)19-12-16(4)11-17(5)13-19/h6-9,11-14,22H,10H2,1-5H3,(H,25,28). The predicted octanol–water partition coefficient (Wildman–Crippen LogP) is 4.83. The number of benzene rings is 2. The summed E-state index contributed by atoms with van der Waals surface area (Å²) in [5.41, 5.74) is 8.43. The van der Waals surface area contributed by atoms with Gasteiger partial charge in [-0.1, -0.05) is 49.7 Å². The number of hydrogen-bond donors (Lipinski definition) is 1. The highest BCUT2D eigenvalue weighted by atomic mass is 16.2. The van der Waals surface area contributed by atoms with E-state index < -0.39 is 0 Å². The third-order valence-electron chi connectivity index (χ3n) is 5.26. The molecular weight excluding hydrogens is 346 g/mol. The van der Waals surface area contributed by atoms with Gasteiger partial charge in [0.25, 0.3) is 5.91 Å². The highest BCUT2D eigenvalue weighted by Gasteiger charge is 2.37. The Morgan fingerprint density at radius 1 is 1.00 bits per heavy atom. The topological polar surface area (TPSA) is 46.9 Å². The quantitative estimate of drug-likeness (QED) is 0.712. The Labute approximate surface area is 166 Å². The van der Waals surface area contributed by atoms with Crippen LogP contribution in [0.15, 0.2) is 42.5 Å². The summed E-state index contributed by atoms with van der Waals surface area (Å²) >= 11 is 0. The maximum absolute atomic E-state index is 12.7. The van der Waals surface area contributed by atoms with Crippen molar-refractivity contribution in [3.8, 4) is 5.69 Å². The van der Waals surface area contributed by atoms with Gasteiger partial charge in [-0.3, -0.25) is 4.79 Å². The smallest absolute Gasteiger partial charge is 0.272 e. The molecular formula is C24H27N3O. The molecule has 4 heteroatoms. The van der Waals surface area contributed by atoms with Crippen LogP contribution < -0.4 is 5.32 Å². The average molecular weight is 374 g/mol. The fraction of sp³-hybridized carbons (Fsp3) is 0.333. The van der Waals surface area contributed by atoms with Crippen LogP contribution in [-0.4, -0.2) is 15.7 Å². The second kappa shape index (κ2) is 6.93. The summed E-state index contributed by atoms with van der Waals surface area (Å²) in [5, 5.41) is 7.91. The molecule has 0 fully saturated rings. The number of aryl methyl sites for hydroxylation is 3. The van der Waals surface area contributed by atoms with Crippen molar-refractivity contribution in [2.24, 2.45) is 5.92 Å².